The molecule has 0 saturated heterocycles. The Morgan fingerprint density at radius 1 is 1.11 bits per heavy atom. The molecule has 0 aromatic heterocycles. The van der Waals surface area contributed by atoms with E-state index in [0.29, 0.717) is 37.6 Å². The zero-order valence-corrected chi connectivity index (χ0v) is 12.1. The van der Waals surface area contributed by atoms with Crippen molar-refractivity contribution < 1.29 is 19.0 Å². The minimum Gasteiger partial charge on any atom is -0.496 e. The second kappa shape index (κ2) is 7.92. The number of hydrogen-bond donors (Lipinski definition) is 0. The van der Waals surface area contributed by atoms with Crippen molar-refractivity contribution in [3.05, 3.63) is 28.8 Å². The number of methoxy groups -OCH3 is 2. The van der Waals surface area contributed by atoms with Gasteiger partial charge >= 0.3 is 0 Å². The Labute approximate surface area is 114 Å². The summed E-state index contributed by atoms with van der Waals surface area (Å²) in [7, 11) is 3.21. The molecule has 0 fully saturated rings. The number of rotatable bonds is 8. The molecular weight excluding hydrogens is 244 g/mol. The van der Waals surface area contributed by atoms with E-state index in [1.54, 1.807) is 14.2 Å². The van der Waals surface area contributed by atoms with Crippen molar-refractivity contribution in [2.45, 2.75) is 20.3 Å². The maximum atomic E-state index is 12.1. The third-order valence-electron chi connectivity index (χ3n) is 3.09. The van der Waals surface area contributed by atoms with Gasteiger partial charge in [0.15, 0.2) is 5.78 Å². The number of benzene rings is 1. The minimum atomic E-state index is 0.0392. The topological polar surface area (TPSA) is 44.8 Å². The molecule has 1 aromatic carbocycles. The van der Waals surface area contributed by atoms with Gasteiger partial charge in [-0.15, -0.1) is 0 Å². The zero-order chi connectivity index (χ0) is 14.3. The molecule has 0 aliphatic carbocycles. The van der Waals surface area contributed by atoms with Gasteiger partial charge in [0.05, 0.1) is 32.5 Å². The summed E-state index contributed by atoms with van der Waals surface area (Å²) in [6, 6.07) is 3.76. The molecule has 19 heavy (non-hydrogen) atoms. The van der Waals surface area contributed by atoms with Crippen LogP contribution in [0, 0.1) is 13.8 Å². The first-order chi connectivity index (χ1) is 9.11. The number of ether oxygens (including phenoxy) is 3. The molecule has 0 aliphatic heterocycles. The van der Waals surface area contributed by atoms with Crippen molar-refractivity contribution in [3.63, 3.8) is 0 Å². The monoisotopic (exact) mass is 266 g/mol. The molecule has 0 atom stereocenters. The molecule has 0 amide bonds. The highest BCUT2D eigenvalue weighted by molar-refractivity contribution is 5.99. The van der Waals surface area contributed by atoms with Crippen LogP contribution in [-0.4, -0.2) is 39.8 Å². The van der Waals surface area contributed by atoms with E-state index < -0.39 is 0 Å². The lowest BCUT2D eigenvalue weighted by atomic mass is 10.0. The summed E-state index contributed by atoms with van der Waals surface area (Å²) < 4.78 is 15.5. The zero-order valence-electron chi connectivity index (χ0n) is 12.1. The van der Waals surface area contributed by atoms with E-state index in [1.165, 1.54) is 0 Å². The Kier molecular flexibility index (Phi) is 6.53. The van der Waals surface area contributed by atoms with Crippen LogP contribution in [0.5, 0.6) is 5.75 Å². The van der Waals surface area contributed by atoms with Gasteiger partial charge in [0.2, 0.25) is 0 Å². The van der Waals surface area contributed by atoms with Crippen LogP contribution in [0.25, 0.3) is 0 Å². The predicted molar refractivity (Wildman–Crippen MR) is 74.1 cm³/mol. The number of hydrogen-bond acceptors (Lipinski definition) is 4. The number of Topliss-reactive ketones (excluding diaryl/α,β-unsaturated/α-hetero) is 1. The highest BCUT2D eigenvalue weighted by Crippen LogP contribution is 2.27. The van der Waals surface area contributed by atoms with Gasteiger partial charge in [-0.25, -0.2) is 0 Å². The molecule has 0 radical (unpaired) electrons. The first-order valence-corrected chi connectivity index (χ1v) is 6.36. The van der Waals surface area contributed by atoms with Gasteiger partial charge < -0.3 is 14.2 Å². The maximum Gasteiger partial charge on any atom is 0.168 e. The van der Waals surface area contributed by atoms with Gasteiger partial charge in [-0.3, -0.25) is 4.79 Å². The average molecular weight is 266 g/mol. The molecule has 0 spiro atoms. The van der Waals surface area contributed by atoms with E-state index in [-0.39, 0.29) is 5.78 Å². The summed E-state index contributed by atoms with van der Waals surface area (Å²) in [4.78, 5) is 12.1. The minimum absolute atomic E-state index is 0.0392. The van der Waals surface area contributed by atoms with E-state index in [1.807, 2.05) is 26.0 Å². The lowest BCUT2D eigenvalue weighted by Crippen LogP contribution is -2.10. The molecule has 1 rings (SSSR count). The quantitative estimate of drug-likeness (QED) is 0.536. The van der Waals surface area contributed by atoms with Crippen LogP contribution >= 0.6 is 0 Å². The molecule has 0 aliphatic rings. The molecule has 0 heterocycles. The molecule has 106 valence electrons. The van der Waals surface area contributed by atoms with Crippen molar-refractivity contribution in [1.82, 2.24) is 0 Å². The summed E-state index contributed by atoms with van der Waals surface area (Å²) in [5, 5.41) is 0. The molecular formula is C15H22O4. The Bertz CT molecular complexity index is 426. The number of aryl methyl sites for hydroxylation is 1. The van der Waals surface area contributed by atoms with Crippen LogP contribution in [-0.2, 0) is 9.47 Å². The molecule has 0 unspecified atom stereocenters. The summed E-state index contributed by atoms with van der Waals surface area (Å²) in [5.41, 5.74) is 2.75. The lowest BCUT2D eigenvalue weighted by molar-refractivity contribution is 0.0640. The highest BCUT2D eigenvalue weighted by Gasteiger charge is 2.15. The van der Waals surface area contributed by atoms with Gasteiger partial charge in [-0.05, 0) is 31.0 Å². The maximum absolute atomic E-state index is 12.1. The van der Waals surface area contributed by atoms with Crippen molar-refractivity contribution >= 4 is 5.78 Å². The van der Waals surface area contributed by atoms with Gasteiger partial charge in [0, 0.05) is 13.5 Å². The van der Waals surface area contributed by atoms with Gasteiger partial charge in [-0.1, -0.05) is 6.07 Å². The summed E-state index contributed by atoms with van der Waals surface area (Å²) in [6.45, 7) is 5.41. The standard InChI is InChI=1S/C15H22O4/c1-11-5-6-13(15(18-4)12(11)2)14(16)7-8-19-10-9-17-3/h5-6H,7-10H2,1-4H3. The Morgan fingerprint density at radius 2 is 1.84 bits per heavy atom. The molecule has 4 heteroatoms. The largest absolute Gasteiger partial charge is 0.496 e. The van der Waals surface area contributed by atoms with Crippen LogP contribution in [0.2, 0.25) is 0 Å². The first-order valence-electron chi connectivity index (χ1n) is 6.36. The van der Waals surface area contributed by atoms with Crippen LogP contribution in [0.4, 0.5) is 0 Å². The average Bonchev–Trinajstić information content (AvgIpc) is 2.41. The molecule has 0 N–H and O–H groups in total. The third-order valence-corrected chi connectivity index (χ3v) is 3.09. The van der Waals surface area contributed by atoms with E-state index in [0.717, 1.165) is 11.1 Å². The van der Waals surface area contributed by atoms with E-state index in [2.05, 4.69) is 0 Å². The third kappa shape index (κ3) is 4.33. The fourth-order valence-electron chi connectivity index (χ4n) is 1.82. The fourth-order valence-corrected chi connectivity index (χ4v) is 1.82. The van der Waals surface area contributed by atoms with E-state index >= 15 is 0 Å². The molecule has 0 bridgehead atoms. The van der Waals surface area contributed by atoms with Gasteiger partial charge in [0.25, 0.3) is 0 Å². The molecule has 4 nitrogen and oxygen atoms in total. The molecule has 0 saturated carbocycles. The predicted octanol–water partition coefficient (Wildman–Crippen LogP) is 2.55. The Morgan fingerprint density at radius 3 is 2.47 bits per heavy atom. The summed E-state index contributed by atoms with van der Waals surface area (Å²) >= 11 is 0. The summed E-state index contributed by atoms with van der Waals surface area (Å²) in [5.74, 6) is 0.708. The Hall–Kier alpha value is -1.39. The SMILES string of the molecule is COCCOCCC(=O)c1ccc(C)c(C)c1OC. The lowest BCUT2D eigenvalue weighted by Gasteiger charge is -2.12. The summed E-state index contributed by atoms with van der Waals surface area (Å²) in [6.07, 6.45) is 0.350. The number of carbonyl (C=O) groups is 1. The van der Waals surface area contributed by atoms with Gasteiger partial charge in [0.1, 0.15) is 5.75 Å². The van der Waals surface area contributed by atoms with E-state index in [9.17, 15) is 4.79 Å². The molecule has 1 aromatic rings. The van der Waals surface area contributed by atoms with Crippen molar-refractivity contribution in [2.24, 2.45) is 0 Å². The second-order valence-corrected chi connectivity index (χ2v) is 4.37. The second-order valence-electron chi connectivity index (χ2n) is 4.37. The van der Waals surface area contributed by atoms with E-state index in [4.69, 9.17) is 14.2 Å². The van der Waals surface area contributed by atoms with Crippen LogP contribution in [0.15, 0.2) is 12.1 Å². The van der Waals surface area contributed by atoms with Crippen molar-refractivity contribution in [2.75, 3.05) is 34.0 Å². The Balaban J connectivity index is 2.64. The first kappa shape index (κ1) is 15.7. The van der Waals surface area contributed by atoms with Crippen LogP contribution in [0.1, 0.15) is 27.9 Å². The van der Waals surface area contributed by atoms with Crippen molar-refractivity contribution in [1.29, 1.82) is 0 Å². The number of ketones is 1. The normalized spacial score (nSPS) is 10.5. The van der Waals surface area contributed by atoms with Crippen LogP contribution in [0.3, 0.4) is 0 Å². The number of carbonyl (C=O) groups excluding carboxylic acids is 1. The smallest absolute Gasteiger partial charge is 0.168 e. The van der Waals surface area contributed by atoms with Crippen molar-refractivity contribution in [3.8, 4) is 5.75 Å². The fraction of sp³-hybridized carbons (Fsp3) is 0.533. The van der Waals surface area contributed by atoms with Gasteiger partial charge in [-0.2, -0.15) is 0 Å². The highest BCUT2D eigenvalue weighted by atomic mass is 16.5. The van der Waals surface area contributed by atoms with Crippen LogP contribution < -0.4 is 4.74 Å².